The first kappa shape index (κ1) is 20.5. The first-order valence-corrected chi connectivity index (χ1v) is 10.9. The van der Waals surface area contributed by atoms with E-state index in [0.717, 1.165) is 53.1 Å². The zero-order valence-corrected chi connectivity index (χ0v) is 17.5. The van der Waals surface area contributed by atoms with Gasteiger partial charge in [-0.1, -0.05) is 25.3 Å². The SMILES string of the molecule is O=c1c2cc(Cc3ccnc(OC(F)F)c3)c3cccnc3c2ccn1C1CCCCC1. The van der Waals surface area contributed by atoms with Gasteiger partial charge in [0.1, 0.15) is 0 Å². The number of alkyl halides is 2. The smallest absolute Gasteiger partial charge is 0.388 e. The number of hydrogen-bond donors (Lipinski definition) is 0. The van der Waals surface area contributed by atoms with Gasteiger partial charge in [-0.15, -0.1) is 0 Å². The van der Waals surface area contributed by atoms with Crippen LogP contribution < -0.4 is 10.3 Å². The highest BCUT2D eigenvalue weighted by Gasteiger charge is 2.19. The Labute approximate surface area is 183 Å². The molecule has 1 aromatic carbocycles. The van der Waals surface area contributed by atoms with E-state index in [0.29, 0.717) is 11.8 Å². The molecule has 4 aromatic rings. The second-order valence-electron chi connectivity index (χ2n) is 8.27. The zero-order chi connectivity index (χ0) is 22.1. The molecule has 1 fully saturated rings. The molecule has 0 aliphatic heterocycles. The third-order valence-electron chi connectivity index (χ3n) is 6.26. The van der Waals surface area contributed by atoms with E-state index in [1.807, 2.05) is 35.0 Å². The first-order valence-electron chi connectivity index (χ1n) is 10.9. The lowest BCUT2D eigenvalue weighted by molar-refractivity contribution is -0.0528. The average Bonchev–Trinajstić information content (AvgIpc) is 2.80. The number of ether oxygens (including phenoxy) is 1. The minimum Gasteiger partial charge on any atom is -0.417 e. The largest absolute Gasteiger partial charge is 0.417 e. The lowest BCUT2D eigenvalue weighted by atomic mass is 9.94. The van der Waals surface area contributed by atoms with E-state index in [1.54, 1.807) is 12.3 Å². The maximum atomic E-state index is 13.5. The van der Waals surface area contributed by atoms with Gasteiger partial charge < -0.3 is 9.30 Å². The summed E-state index contributed by atoms with van der Waals surface area (Å²) in [7, 11) is 0. The molecule has 7 heteroatoms. The summed E-state index contributed by atoms with van der Waals surface area (Å²) in [6.07, 6.45) is 11.1. The molecule has 164 valence electrons. The molecular weight excluding hydrogens is 412 g/mol. The fourth-order valence-corrected chi connectivity index (χ4v) is 4.77. The molecule has 0 unspecified atom stereocenters. The molecule has 0 spiro atoms. The summed E-state index contributed by atoms with van der Waals surface area (Å²) < 4.78 is 31.5. The van der Waals surface area contributed by atoms with Crippen molar-refractivity contribution in [2.75, 3.05) is 0 Å². The minimum atomic E-state index is -2.93. The van der Waals surface area contributed by atoms with Gasteiger partial charge in [0.25, 0.3) is 5.56 Å². The number of pyridine rings is 3. The molecule has 5 rings (SSSR count). The lowest BCUT2D eigenvalue weighted by Gasteiger charge is -2.24. The van der Waals surface area contributed by atoms with Gasteiger partial charge in [-0.25, -0.2) is 4.98 Å². The van der Waals surface area contributed by atoms with Crippen molar-refractivity contribution in [3.05, 3.63) is 76.5 Å². The Morgan fingerprint density at radius 2 is 1.84 bits per heavy atom. The normalized spacial score (nSPS) is 15.0. The van der Waals surface area contributed by atoms with Crippen LogP contribution in [0.1, 0.15) is 49.3 Å². The van der Waals surface area contributed by atoms with Crippen LogP contribution in [0.4, 0.5) is 8.78 Å². The van der Waals surface area contributed by atoms with Crippen LogP contribution in [-0.4, -0.2) is 21.1 Å². The molecule has 1 saturated carbocycles. The van der Waals surface area contributed by atoms with E-state index in [2.05, 4.69) is 14.7 Å². The molecule has 1 aliphatic rings. The molecule has 5 nitrogen and oxygen atoms in total. The quantitative estimate of drug-likeness (QED) is 0.381. The van der Waals surface area contributed by atoms with E-state index in [1.165, 1.54) is 18.7 Å². The van der Waals surface area contributed by atoms with Crippen molar-refractivity contribution >= 4 is 21.7 Å². The monoisotopic (exact) mass is 435 g/mol. The number of benzene rings is 1. The predicted molar refractivity (Wildman–Crippen MR) is 119 cm³/mol. The highest BCUT2D eigenvalue weighted by Crippen LogP contribution is 2.30. The van der Waals surface area contributed by atoms with Crippen molar-refractivity contribution in [1.82, 2.24) is 14.5 Å². The Hall–Kier alpha value is -3.35. The van der Waals surface area contributed by atoms with Gasteiger partial charge in [0.15, 0.2) is 0 Å². The molecule has 0 N–H and O–H groups in total. The second-order valence-corrected chi connectivity index (χ2v) is 8.27. The van der Waals surface area contributed by atoms with Gasteiger partial charge in [0.05, 0.1) is 5.52 Å². The van der Waals surface area contributed by atoms with Crippen LogP contribution in [-0.2, 0) is 6.42 Å². The number of rotatable bonds is 5. The number of halogens is 2. The Bertz CT molecular complexity index is 1330. The summed E-state index contributed by atoms with van der Waals surface area (Å²) in [5, 5.41) is 2.40. The topological polar surface area (TPSA) is 57.0 Å². The Balaban J connectivity index is 1.63. The molecule has 0 atom stereocenters. The summed E-state index contributed by atoms with van der Waals surface area (Å²) in [6, 6.07) is 11.2. The van der Waals surface area contributed by atoms with Gasteiger partial charge in [-0.05, 0) is 54.7 Å². The van der Waals surface area contributed by atoms with Gasteiger partial charge >= 0.3 is 6.61 Å². The molecule has 3 heterocycles. The first-order chi connectivity index (χ1) is 15.6. The van der Waals surface area contributed by atoms with Crippen molar-refractivity contribution < 1.29 is 13.5 Å². The summed E-state index contributed by atoms with van der Waals surface area (Å²) >= 11 is 0. The predicted octanol–water partition coefficient (Wildman–Crippen LogP) is 5.64. The summed E-state index contributed by atoms with van der Waals surface area (Å²) in [5.41, 5.74) is 2.45. The molecular formula is C25H23F2N3O2. The van der Waals surface area contributed by atoms with Gasteiger partial charge in [0, 0.05) is 46.9 Å². The number of hydrogen-bond acceptors (Lipinski definition) is 4. The van der Waals surface area contributed by atoms with Crippen LogP contribution in [0.2, 0.25) is 0 Å². The highest BCUT2D eigenvalue weighted by molar-refractivity contribution is 6.06. The van der Waals surface area contributed by atoms with Gasteiger partial charge in [-0.3, -0.25) is 9.78 Å². The fraction of sp³-hybridized carbons (Fsp3) is 0.320. The van der Waals surface area contributed by atoms with Crippen molar-refractivity contribution in [2.45, 2.75) is 51.2 Å². The molecule has 0 amide bonds. The van der Waals surface area contributed by atoms with Crippen molar-refractivity contribution in [2.24, 2.45) is 0 Å². The Morgan fingerprint density at radius 1 is 1.00 bits per heavy atom. The lowest BCUT2D eigenvalue weighted by Crippen LogP contribution is -2.26. The van der Waals surface area contributed by atoms with Crippen LogP contribution in [0.25, 0.3) is 21.7 Å². The van der Waals surface area contributed by atoms with E-state index >= 15 is 0 Å². The van der Waals surface area contributed by atoms with E-state index in [9.17, 15) is 13.6 Å². The third-order valence-corrected chi connectivity index (χ3v) is 6.26. The maximum absolute atomic E-state index is 13.5. The highest BCUT2D eigenvalue weighted by atomic mass is 19.3. The number of nitrogens with zero attached hydrogens (tertiary/aromatic N) is 3. The number of aromatic nitrogens is 3. The van der Waals surface area contributed by atoms with Crippen LogP contribution in [0.15, 0.2) is 59.8 Å². The maximum Gasteiger partial charge on any atom is 0.388 e. The molecule has 0 bridgehead atoms. The van der Waals surface area contributed by atoms with E-state index in [4.69, 9.17) is 0 Å². The third kappa shape index (κ3) is 3.95. The van der Waals surface area contributed by atoms with Gasteiger partial charge in [0.2, 0.25) is 5.88 Å². The Morgan fingerprint density at radius 3 is 2.66 bits per heavy atom. The fourth-order valence-electron chi connectivity index (χ4n) is 4.77. The molecule has 1 aliphatic carbocycles. The van der Waals surface area contributed by atoms with Crippen molar-refractivity contribution in [3.8, 4) is 5.88 Å². The van der Waals surface area contributed by atoms with Crippen LogP contribution in [0.5, 0.6) is 5.88 Å². The minimum absolute atomic E-state index is 0.000320. The second kappa shape index (κ2) is 8.65. The summed E-state index contributed by atoms with van der Waals surface area (Å²) in [4.78, 5) is 21.9. The van der Waals surface area contributed by atoms with Crippen LogP contribution in [0.3, 0.4) is 0 Å². The van der Waals surface area contributed by atoms with Crippen molar-refractivity contribution in [3.63, 3.8) is 0 Å². The molecule has 0 radical (unpaired) electrons. The van der Waals surface area contributed by atoms with Gasteiger partial charge in [-0.2, -0.15) is 8.78 Å². The average molecular weight is 435 g/mol. The summed E-state index contributed by atoms with van der Waals surface area (Å²) in [6.45, 7) is -2.93. The summed E-state index contributed by atoms with van der Waals surface area (Å²) in [5.74, 6) is -0.125. The van der Waals surface area contributed by atoms with Crippen LogP contribution in [0, 0.1) is 0 Å². The van der Waals surface area contributed by atoms with Crippen LogP contribution >= 0.6 is 0 Å². The zero-order valence-electron chi connectivity index (χ0n) is 17.5. The Kier molecular flexibility index (Phi) is 5.55. The molecule has 0 saturated heterocycles. The van der Waals surface area contributed by atoms with E-state index in [-0.39, 0.29) is 17.5 Å². The molecule has 3 aromatic heterocycles. The standard InChI is InChI=1S/C25H23F2N3O2/c26-25(27)32-22-14-16(8-11-28-22)13-17-15-21-20(23-19(17)7-4-10-29-23)9-12-30(24(21)31)18-5-2-1-3-6-18/h4,7-12,14-15,18,25H,1-3,5-6,13H2. The van der Waals surface area contributed by atoms with E-state index < -0.39 is 6.61 Å². The number of fused-ring (bicyclic) bond motifs is 3. The molecule has 32 heavy (non-hydrogen) atoms. The van der Waals surface area contributed by atoms with Crippen molar-refractivity contribution in [1.29, 1.82) is 0 Å².